The fraction of sp³-hybridized carbons (Fsp3) is 0. The van der Waals surface area contributed by atoms with Crippen molar-refractivity contribution in [3.05, 3.63) is 0 Å². The van der Waals surface area contributed by atoms with Gasteiger partial charge in [0.15, 0.2) is 0 Å². The van der Waals surface area contributed by atoms with Gasteiger partial charge in [-0.1, -0.05) is 0 Å². The Kier molecular flexibility index (Phi) is 5.38. The minimum Gasteiger partial charge on any atom is -1.00 e. The van der Waals surface area contributed by atoms with Gasteiger partial charge < -0.3 is 2.85 Å². The standard InChI is InChI=1S/Ca.H2O4S.2H/c;1-5(2,3)4;;/h;(H2,1,2,3,4);;/q+2;;2*-1/p+2. The van der Waals surface area contributed by atoms with E-state index in [1.54, 1.807) is 0 Å². The quantitative estimate of drug-likeness (QED) is 0.350. The van der Waals surface area contributed by atoms with E-state index in [-0.39, 0.29) is 43.4 Å². The Morgan fingerprint density at radius 2 is 1.50 bits per heavy atom. The van der Waals surface area contributed by atoms with Crippen LogP contribution in [0.15, 0.2) is 0 Å². The van der Waals surface area contributed by atoms with Crippen LogP contribution in [0.2, 0.25) is 0 Å². The molecule has 0 atom stereocenters. The van der Waals surface area contributed by atoms with E-state index in [1.807, 2.05) is 0 Å². The van der Waals surface area contributed by atoms with Crippen molar-refractivity contribution < 1.29 is 23.2 Å². The van der Waals surface area contributed by atoms with E-state index in [2.05, 4.69) is 0 Å². The summed E-state index contributed by atoms with van der Waals surface area (Å²) in [4.78, 5) is 0. The monoisotopic (exact) mass is 142 g/mol. The summed E-state index contributed by atoms with van der Waals surface area (Å²) < 4.78 is 31.6. The zero-order chi connectivity index (χ0) is 4.50. The van der Waals surface area contributed by atoms with Crippen molar-refractivity contribution in [3.63, 3.8) is 0 Å². The topological polar surface area (TPSA) is 74.6 Å². The third kappa shape index (κ3) is 68.5. The molecule has 0 fully saturated rings. The van der Waals surface area contributed by atoms with Crippen molar-refractivity contribution >= 4 is 48.1 Å². The first kappa shape index (κ1) is 10.2. The van der Waals surface area contributed by atoms with E-state index in [0.717, 1.165) is 0 Å². The average molecular weight is 142 g/mol. The van der Waals surface area contributed by atoms with E-state index in [0.29, 0.717) is 0 Å². The Morgan fingerprint density at radius 1 is 1.50 bits per heavy atom. The molecular formula is H6CaO4S+2. The molecule has 0 aliphatic rings. The smallest absolute Gasteiger partial charge is 1.00 e. The van der Waals surface area contributed by atoms with E-state index in [9.17, 15) is 0 Å². The van der Waals surface area contributed by atoms with Crippen molar-refractivity contribution in [2.75, 3.05) is 0 Å². The summed E-state index contributed by atoms with van der Waals surface area (Å²) in [6.07, 6.45) is 0. The van der Waals surface area contributed by atoms with Crippen LogP contribution in [-0.4, -0.2) is 55.3 Å². The SMILES string of the molecule is O=S(=O)(O)O.[Ca+2].[H+].[H+].[H-].[H-]. The summed E-state index contributed by atoms with van der Waals surface area (Å²) in [7, 11) is -4.67. The van der Waals surface area contributed by atoms with Gasteiger partial charge in [-0.3, -0.25) is 9.11 Å². The second-order valence-corrected chi connectivity index (χ2v) is 1.34. The van der Waals surface area contributed by atoms with Gasteiger partial charge in [-0.15, -0.1) is 0 Å². The van der Waals surface area contributed by atoms with Gasteiger partial charge in [0.1, 0.15) is 0 Å². The Hall–Kier alpha value is 1.13. The molecule has 0 aromatic heterocycles. The van der Waals surface area contributed by atoms with Gasteiger partial charge in [0, 0.05) is 0 Å². The minimum absolute atomic E-state index is 0. The first-order valence-corrected chi connectivity index (χ1v) is 2.10. The van der Waals surface area contributed by atoms with Crippen LogP contribution < -0.4 is 0 Å². The van der Waals surface area contributed by atoms with Crippen LogP contribution in [0.3, 0.4) is 0 Å². The van der Waals surface area contributed by atoms with Gasteiger partial charge in [-0.2, -0.15) is 8.42 Å². The van der Waals surface area contributed by atoms with Crippen LogP contribution in [0.1, 0.15) is 5.71 Å². The molecule has 0 aliphatic carbocycles. The first-order chi connectivity index (χ1) is 2.00. The summed E-state index contributed by atoms with van der Waals surface area (Å²) in [6, 6.07) is 0. The fourth-order valence-electron chi connectivity index (χ4n) is 0. The molecule has 0 amide bonds. The van der Waals surface area contributed by atoms with Gasteiger partial charge in [0.25, 0.3) is 0 Å². The number of hydrogen-bond acceptors (Lipinski definition) is 2. The van der Waals surface area contributed by atoms with E-state index in [4.69, 9.17) is 17.5 Å². The molecule has 36 valence electrons. The van der Waals surface area contributed by atoms with Crippen molar-refractivity contribution in [3.8, 4) is 0 Å². The molecule has 6 heteroatoms. The third-order valence-electron chi connectivity index (χ3n) is 0. The van der Waals surface area contributed by atoms with E-state index >= 15 is 0 Å². The Balaban J connectivity index is -0.00000000800. The maximum absolute atomic E-state index is 8.74. The predicted molar refractivity (Wildman–Crippen MR) is 24.4 cm³/mol. The van der Waals surface area contributed by atoms with Crippen molar-refractivity contribution in [1.29, 1.82) is 0 Å². The van der Waals surface area contributed by atoms with Gasteiger partial charge in [-0.05, 0) is 0 Å². The molecule has 0 radical (unpaired) electrons. The van der Waals surface area contributed by atoms with Gasteiger partial charge in [0.2, 0.25) is 0 Å². The van der Waals surface area contributed by atoms with Gasteiger partial charge in [0.05, 0.1) is 0 Å². The van der Waals surface area contributed by atoms with Crippen LogP contribution in [0.5, 0.6) is 0 Å². The molecule has 6 heavy (non-hydrogen) atoms. The van der Waals surface area contributed by atoms with Crippen molar-refractivity contribution in [1.82, 2.24) is 0 Å². The molecule has 0 saturated carbocycles. The molecule has 0 aromatic carbocycles. The van der Waals surface area contributed by atoms with Crippen LogP contribution >= 0.6 is 0 Å². The van der Waals surface area contributed by atoms with Crippen molar-refractivity contribution in [2.45, 2.75) is 0 Å². The third-order valence-corrected chi connectivity index (χ3v) is 0. The zero-order valence-corrected chi connectivity index (χ0v) is 5.85. The summed E-state index contributed by atoms with van der Waals surface area (Å²) in [5, 5.41) is 0. The molecule has 0 aromatic rings. The molecule has 4 nitrogen and oxygen atoms in total. The fourth-order valence-corrected chi connectivity index (χ4v) is 0. The minimum atomic E-state index is -4.67. The maximum atomic E-state index is 8.74. The Bertz CT molecular complexity index is 100. The zero-order valence-electron chi connectivity index (χ0n) is 6.83. The molecule has 2 N–H and O–H groups in total. The van der Waals surface area contributed by atoms with Gasteiger partial charge in [-0.25, -0.2) is 0 Å². The van der Waals surface area contributed by atoms with E-state index < -0.39 is 10.4 Å². The second-order valence-electron chi connectivity index (χ2n) is 0.448. The van der Waals surface area contributed by atoms with Gasteiger partial charge >= 0.3 is 51.0 Å². The van der Waals surface area contributed by atoms with E-state index in [1.165, 1.54) is 0 Å². The molecule has 0 bridgehead atoms. The molecule has 0 spiro atoms. The summed E-state index contributed by atoms with van der Waals surface area (Å²) in [6.45, 7) is 0. The number of hydrogen-bond donors (Lipinski definition) is 2. The molecule has 0 saturated heterocycles. The van der Waals surface area contributed by atoms with Crippen molar-refractivity contribution in [2.24, 2.45) is 0 Å². The first-order valence-electron chi connectivity index (χ1n) is 0.698. The molecule has 0 heterocycles. The maximum Gasteiger partial charge on any atom is 2.00 e. The molecular weight excluding hydrogens is 136 g/mol. The normalized spacial score (nSPS) is 9.67. The van der Waals surface area contributed by atoms with Crippen LogP contribution in [0.25, 0.3) is 0 Å². The average Bonchev–Trinajstić information content (AvgIpc) is 0.722. The summed E-state index contributed by atoms with van der Waals surface area (Å²) in [5.41, 5.74) is 0. The molecule has 0 aliphatic heterocycles. The molecule has 0 unspecified atom stereocenters. The largest absolute Gasteiger partial charge is 2.00 e. The van der Waals surface area contributed by atoms with Crippen LogP contribution in [0.4, 0.5) is 0 Å². The summed E-state index contributed by atoms with van der Waals surface area (Å²) >= 11 is 0. The summed E-state index contributed by atoms with van der Waals surface area (Å²) in [5.74, 6) is 0. The number of rotatable bonds is 0. The molecule has 0 rings (SSSR count). The second kappa shape index (κ2) is 3.17. The Labute approximate surface area is 71.1 Å². The Morgan fingerprint density at radius 3 is 1.50 bits per heavy atom. The van der Waals surface area contributed by atoms with Crippen LogP contribution in [-0.2, 0) is 10.4 Å². The van der Waals surface area contributed by atoms with Crippen LogP contribution in [0, 0.1) is 0 Å². The predicted octanol–water partition coefficient (Wildman–Crippen LogP) is -0.584.